The van der Waals surface area contributed by atoms with Crippen LogP contribution in [0.1, 0.15) is 52.9 Å². The van der Waals surface area contributed by atoms with Crippen molar-refractivity contribution in [3.63, 3.8) is 0 Å². The van der Waals surface area contributed by atoms with E-state index in [1.165, 1.54) is 19.3 Å². The van der Waals surface area contributed by atoms with Crippen molar-refractivity contribution < 1.29 is 4.43 Å². The van der Waals surface area contributed by atoms with Crippen molar-refractivity contribution in [2.45, 2.75) is 76.6 Å². The van der Waals surface area contributed by atoms with Gasteiger partial charge in [-0.1, -0.05) is 40.0 Å². The van der Waals surface area contributed by atoms with Crippen molar-refractivity contribution in [3.05, 3.63) is 0 Å². The molecule has 2 N–H and O–H groups in total. The van der Waals surface area contributed by atoms with E-state index in [1.807, 2.05) is 0 Å². The fraction of sp³-hybridized carbons (Fsp3) is 1.00. The molecular formula is C13H29NOSi. The molecule has 16 heavy (non-hydrogen) atoms. The Morgan fingerprint density at radius 1 is 1.12 bits per heavy atom. The fourth-order valence-electron chi connectivity index (χ4n) is 2.24. The van der Waals surface area contributed by atoms with Crippen LogP contribution in [-0.2, 0) is 4.43 Å². The third-order valence-corrected chi connectivity index (χ3v) is 8.97. The molecular weight excluding hydrogens is 214 g/mol. The molecule has 96 valence electrons. The van der Waals surface area contributed by atoms with Gasteiger partial charge in [0.2, 0.25) is 0 Å². The lowest BCUT2D eigenvalue weighted by Crippen LogP contribution is -2.53. The van der Waals surface area contributed by atoms with E-state index >= 15 is 0 Å². The van der Waals surface area contributed by atoms with Crippen LogP contribution in [0.2, 0.25) is 18.1 Å². The topological polar surface area (TPSA) is 35.2 Å². The van der Waals surface area contributed by atoms with Crippen molar-refractivity contribution in [1.29, 1.82) is 0 Å². The second-order valence-corrected chi connectivity index (χ2v) is 11.5. The molecule has 0 saturated heterocycles. The van der Waals surface area contributed by atoms with E-state index in [2.05, 4.69) is 33.9 Å². The molecule has 0 radical (unpaired) electrons. The highest BCUT2D eigenvalue weighted by Gasteiger charge is 2.44. The van der Waals surface area contributed by atoms with E-state index in [9.17, 15) is 0 Å². The van der Waals surface area contributed by atoms with Gasteiger partial charge in [-0.15, -0.1) is 0 Å². The quantitative estimate of drug-likeness (QED) is 0.768. The normalized spacial score (nSPS) is 22.1. The van der Waals surface area contributed by atoms with Gasteiger partial charge >= 0.3 is 0 Å². The van der Waals surface area contributed by atoms with E-state index in [0.29, 0.717) is 6.54 Å². The fourth-order valence-corrected chi connectivity index (χ4v) is 3.91. The summed E-state index contributed by atoms with van der Waals surface area (Å²) in [4.78, 5) is 0. The summed E-state index contributed by atoms with van der Waals surface area (Å²) in [5.74, 6) is 0. The first-order chi connectivity index (χ1) is 7.22. The lowest BCUT2D eigenvalue weighted by Gasteiger charge is -2.47. The minimum atomic E-state index is -1.67. The summed E-state index contributed by atoms with van der Waals surface area (Å²) in [7, 11) is -1.67. The van der Waals surface area contributed by atoms with E-state index in [1.54, 1.807) is 0 Å². The number of hydrogen-bond acceptors (Lipinski definition) is 2. The molecule has 1 fully saturated rings. The summed E-state index contributed by atoms with van der Waals surface area (Å²) >= 11 is 0. The molecule has 3 heteroatoms. The predicted molar refractivity (Wildman–Crippen MR) is 73.2 cm³/mol. The monoisotopic (exact) mass is 243 g/mol. The van der Waals surface area contributed by atoms with Crippen LogP contribution in [0.15, 0.2) is 0 Å². The number of hydrogen-bond donors (Lipinski definition) is 1. The first-order valence-electron chi connectivity index (χ1n) is 6.63. The van der Waals surface area contributed by atoms with Crippen molar-refractivity contribution >= 4 is 8.32 Å². The second kappa shape index (κ2) is 4.79. The Hall–Kier alpha value is 0.137. The molecule has 2 nitrogen and oxygen atoms in total. The molecule has 0 aliphatic heterocycles. The Morgan fingerprint density at radius 2 is 1.62 bits per heavy atom. The highest BCUT2D eigenvalue weighted by molar-refractivity contribution is 6.74. The third-order valence-electron chi connectivity index (χ3n) is 4.41. The Balaban J connectivity index is 2.76. The van der Waals surface area contributed by atoms with Crippen LogP contribution < -0.4 is 5.73 Å². The largest absolute Gasteiger partial charge is 0.410 e. The van der Waals surface area contributed by atoms with Crippen LogP contribution in [0.25, 0.3) is 0 Å². The Kier molecular flexibility index (Phi) is 4.25. The maximum atomic E-state index is 6.59. The van der Waals surface area contributed by atoms with Gasteiger partial charge in [0, 0.05) is 6.54 Å². The standard InChI is InChI=1S/C13H29NOSi/c1-12(2,3)16(4,5)15-13(11-14)9-7-6-8-10-13/h6-11,14H2,1-5H3. The maximum absolute atomic E-state index is 6.59. The molecule has 1 aliphatic carbocycles. The first kappa shape index (κ1) is 14.2. The highest BCUT2D eigenvalue weighted by Crippen LogP contribution is 2.42. The third kappa shape index (κ3) is 3.08. The Bertz CT molecular complexity index is 227. The van der Waals surface area contributed by atoms with Crippen LogP contribution >= 0.6 is 0 Å². The average molecular weight is 243 g/mol. The molecule has 1 rings (SSSR count). The van der Waals surface area contributed by atoms with Gasteiger partial charge in [0.25, 0.3) is 0 Å². The zero-order valence-corrected chi connectivity index (χ0v) is 12.7. The van der Waals surface area contributed by atoms with Crippen LogP contribution in [-0.4, -0.2) is 20.5 Å². The highest BCUT2D eigenvalue weighted by atomic mass is 28.4. The molecule has 0 heterocycles. The van der Waals surface area contributed by atoms with Gasteiger partial charge in [-0.25, -0.2) is 0 Å². The van der Waals surface area contributed by atoms with Crippen LogP contribution in [0.5, 0.6) is 0 Å². The molecule has 0 atom stereocenters. The smallest absolute Gasteiger partial charge is 0.192 e. The summed E-state index contributed by atoms with van der Waals surface area (Å²) in [6, 6.07) is 0. The minimum Gasteiger partial charge on any atom is -0.410 e. The van der Waals surface area contributed by atoms with Crippen LogP contribution in [0, 0.1) is 0 Å². The van der Waals surface area contributed by atoms with Gasteiger partial charge in [-0.2, -0.15) is 0 Å². The molecule has 1 aliphatic rings. The molecule has 0 aromatic rings. The van der Waals surface area contributed by atoms with Crippen molar-refractivity contribution in [2.24, 2.45) is 5.73 Å². The summed E-state index contributed by atoms with van der Waals surface area (Å²) < 4.78 is 6.59. The van der Waals surface area contributed by atoms with Crippen LogP contribution in [0.4, 0.5) is 0 Å². The predicted octanol–water partition coefficient (Wildman–Crippen LogP) is 3.67. The van der Waals surface area contributed by atoms with Crippen LogP contribution in [0.3, 0.4) is 0 Å². The molecule has 0 unspecified atom stereocenters. The lowest BCUT2D eigenvalue weighted by atomic mass is 9.85. The maximum Gasteiger partial charge on any atom is 0.192 e. The van der Waals surface area contributed by atoms with E-state index in [4.69, 9.17) is 10.2 Å². The summed E-state index contributed by atoms with van der Waals surface area (Å²) in [5.41, 5.74) is 5.99. The zero-order chi connectivity index (χ0) is 12.4. The molecule has 1 saturated carbocycles. The number of rotatable bonds is 3. The van der Waals surface area contributed by atoms with Gasteiger partial charge in [0.1, 0.15) is 0 Å². The molecule has 0 amide bonds. The molecule has 0 spiro atoms. The lowest BCUT2D eigenvalue weighted by molar-refractivity contribution is 0.0248. The summed E-state index contributed by atoms with van der Waals surface area (Å²) in [6.07, 6.45) is 6.24. The molecule has 0 bridgehead atoms. The first-order valence-corrected chi connectivity index (χ1v) is 9.54. The number of nitrogens with two attached hydrogens (primary N) is 1. The zero-order valence-electron chi connectivity index (χ0n) is 11.7. The minimum absolute atomic E-state index is 0.00124. The van der Waals surface area contributed by atoms with Gasteiger partial charge in [-0.05, 0) is 31.0 Å². The summed E-state index contributed by atoms with van der Waals surface area (Å²) in [5, 5.41) is 0.284. The van der Waals surface area contributed by atoms with Crippen molar-refractivity contribution in [2.75, 3.05) is 6.54 Å². The Morgan fingerprint density at radius 3 is 2.00 bits per heavy atom. The van der Waals surface area contributed by atoms with Gasteiger partial charge in [0.15, 0.2) is 8.32 Å². The van der Waals surface area contributed by atoms with E-state index in [0.717, 1.165) is 12.8 Å². The summed E-state index contributed by atoms with van der Waals surface area (Å²) in [6.45, 7) is 12.3. The molecule has 0 aromatic carbocycles. The average Bonchev–Trinajstić information content (AvgIpc) is 2.17. The molecule has 0 aromatic heterocycles. The Labute approximate surface area is 102 Å². The second-order valence-electron chi connectivity index (χ2n) is 6.81. The SMILES string of the molecule is CC(C)(C)[Si](C)(C)OC1(CN)CCCCC1. The van der Waals surface area contributed by atoms with Crippen molar-refractivity contribution in [1.82, 2.24) is 0 Å². The van der Waals surface area contributed by atoms with Crippen molar-refractivity contribution in [3.8, 4) is 0 Å². The van der Waals surface area contributed by atoms with E-state index < -0.39 is 8.32 Å². The van der Waals surface area contributed by atoms with Gasteiger partial charge < -0.3 is 10.2 Å². The van der Waals surface area contributed by atoms with Gasteiger partial charge in [-0.3, -0.25) is 0 Å². The van der Waals surface area contributed by atoms with Gasteiger partial charge in [0.05, 0.1) is 5.60 Å². The van der Waals surface area contributed by atoms with E-state index in [-0.39, 0.29) is 10.6 Å².